The highest BCUT2D eigenvalue weighted by molar-refractivity contribution is 5.70. The molecule has 0 aromatic heterocycles. The number of carbonyl (C=O) groups excluding carboxylic acids is 2. The molecule has 1 aliphatic rings. The van der Waals surface area contributed by atoms with Gasteiger partial charge in [0.2, 0.25) is 0 Å². The van der Waals surface area contributed by atoms with Gasteiger partial charge in [-0.05, 0) is 0 Å². The lowest BCUT2D eigenvalue weighted by Gasteiger charge is -2.40. The molecule has 4 atom stereocenters. The fraction of sp³-hybridized carbons (Fsp3) is 0.846. The van der Waals surface area contributed by atoms with E-state index >= 15 is 0 Å². The van der Waals surface area contributed by atoms with Crippen molar-refractivity contribution in [2.75, 3.05) is 41.2 Å². The Morgan fingerprint density at radius 3 is 2.38 bits per heavy atom. The molecule has 0 bridgehead atoms. The summed E-state index contributed by atoms with van der Waals surface area (Å²) in [5.41, 5.74) is 0. The van der Waals surface area contributed by atoms with Gasteiger partial charge in [-0.15, -0.1) is 0 Å². The summed E-state index contributed by atoms with van der Waals surface area (Å²) in [6, 6.07) is 0. The third-order valence-corrected chi connectivity index (χ3v) is 3.14. The van der Waals surface area contributed by atoms with E-state index in [0.717, 1.165) is 0 Å². The van der Waals surface area contributed by atoms with Crippen LogP contribution in [-0.2, 0) is 38.0 Å². The van der Waals surface area contributed by atoms with Gasteiger partial charge >= 0.3 is 11.9 Å². The maximum absolute atomic E-state index is 11.3. The van der Waals surface area contributed by atoms with Crippen LogP contribution < -0.4 is 0 Å². The first-order valence-corrected chi connectivity index (χ1v) is 6.52. The van der Waals surface area contributed by atoms with Crippen LogP contribution in [-0.4, -0.2) is 77.5 Å². The van der Waals surface area contributed by atoms with E-state index < -0.39 is 30.3 Å². The highest BCUT2D eigenvalue weighted by atomic mass is 16.6. The van der Waals surface area contributed by atoms with Gasteiger partial charge in [0.25, 0.3) is 0 Å². The van der Waals surface area contributed by atoms with Gasteiger partial charge < -0.3 is 28.4 Å². The minimum Gasteiger partial charge on any atom is -0.467 e. The Balaban J connectivity index is 2.66. The summed E-state index contributed by atoms with van der Waals surface area (Å²) in [4.78, 5) is 22.3. The van der Waals surface area contributed by atoms with Crippen molar-refractivity contribution in [1.29, 1.82) is 0 Å². The van der Waals surface area contributed by atoms with Crippen molar-refractivity contribution < 1.29 is 38.0 Å². The number of rotatable bonds is 7. The van der Waals surface area contributed by atoms with Gasteiger partial charge in [0, 0.05) is 21.1 Å². The largest absolute Gasteiger partial charge is 0.467 e. The Hall–Kier alpha value is -1.22. The highest BCUT2D eigenvalue weighted by Crippen LogP contribution is 2.23. The molecular weight excluding hydrogens is 284 g/mol. The average Bonchev–Trinajstić information content (AvgIpc) is 2.47. The molecule has 0 saturated carbocycles. The van der Waals surface area contributed by atoms with E-state index in [-0.39, 0.29) is 25.9 Å². The van der Waals surface area contributed by atoms with Crippen LogP contribution in [0.2, 0.25) is 0 Å². The lowest BCUT2D eigenvalue weighted by Crippen LogP contribution is -2.57. The Labute approximate surface area is 123 Å². The van der Waals surface area contributed by atoms with E-state index in [1.54, 1.807) is 0 Å². The van der Waals surface area contributed by atoms with Crippen molar-refractivity contribution in [2.24, 2.45) is 0 Å². The van der Waals surface area contributed by atoms with Gasteiger partial charge in [0.05, 0.1) is 20.3 Å². The predicted octanol–water partition coefficient (Wildman–Crippen LogP) is -0.463. The minimum absolute atomic E-state index is 0.0728. The standard InChI is InChI=1S/C13H22O8/c1-8(14)21-13-10(5-19-7-11(15)17-3)20-6-9(16-2)12(13)18-4/h9-10,12-13H,5-7H2,1-4H3/t9-,10+,12+,13+/m0/s1. The number of hydrogen-bond donors (Lipinski definition) is 0. The van der Waals surface area contributed by atoms with Crippen LogP contribution >= 0.6 is 0 Å². The molecule has 0 spiro atoms. The minimum atomic E-state index is -0.677. The SMILES string of the molecule is COC(=O)COC[C@H]1OC[C@H](OC)[C@@H](OC)[C@@H]1OC(C)=O. The highest BCUT2D eigenvalue weighted by Gasteiger charge is 2.43. The van der Waals surface area contributed by atoms with E-state index in [9.17, 15) is 9.59 Å². The maximum atomic E-state index is 11.3. The smallest absolute Gasteiger partial charge is 0.331 e. The Morgan fingerprint density at radius 1 is 1.14 bits per heavy atom. The molecule has 1 rings (SSSR count). The molecule has 0 aromatic carbocycles. The molecule has 21 heavy (non-hydrogen) atoms. The number of carbonyl (C=O) groups is 2. The lowest BCUT2D eigenvalue weighted by molar-refractivity contribution is -0.226. The van der Waals surface area contributed by atoms with Crippen LogP contribution in [0.1, 0.15) is 6.92 Å². The second-order valence-electron chi connectivity index (χ2n) is 4.51. The summed E-state index contributed by atoms with van der Waals surface area (Å²) in [6.07, 6.45) is -2.05. The molecule has 1 fully saturated rings. The van der Waals surface area contributed by atoms with Crippen molar-refractivity contribution in [3.05, 3.63) is 0 Å². The van der Waals surface area contributed by atoms with Crippen molar-refractivity contribution in [1.82, 2.24) is 0 Å². The third kappa shape index (κ3) is 5.24. The van der Waals surface area contributed by atoms with Crippen molar-refractivity contribution >= 4 is 11.9 Å². The van der Waals surface area contributed by atoms with Crippen LogP contribution in [0.15, 0.2) is 0 Å². The van der Waals surface area contributed by atoms with Gasteiger partial charge in [-0.1, -0.05) is 0 Å². The lowest BCUT2D eigenvalue weighted by atomic mass is 10.00. The molecule has 8 nitrogen and oxygen atoms in total. The topological polar surface area (TPSA) is 89.5 Å². The van der Waals surface area contributed by atoms with Crippen molar-refractivity contribution in [2.45, 2.75) is 31.3 Å². The zero-order valence-corrected chi connectivity index (χ0v) is 12.7. The first kappa shape index (κ1) is 17.8. The van der Waals surface area contributed by atoms with E-state index in [0.29, 0.717) is 0 Å². The maximum Gasteiger partial charge on any atom is 0.331 e. The molecule has 0 N–H and O–H groups in total. The van der Waals surface area contributed by atoms with Crippen LogP contribution in [0.4, 0.5) is 0 Å². The second-order valence-corrected chi connectivity index (χ2v) is 4.51. The Morgan fingerprint density at radius 2 is 1.86 bits per heavy atom. The van der Waals surface area contributed by atoms with Crippen LogP contribution in [0.5, 0.6) is 0 Å². The average molecular weight is 306 g/mol. The normalized spacial score (nSPS) is 29.0. The van der Waals surface area contributed by atoms with E-state index in [1.165, 1.54) is 28.3 Å². The van der Waals surface area contributed by atoms with E-state index in [1.807, 2.05) is 0 Å². The van der Waals surface area contributed by atoms with Gasteiger partial charge in [0.15, 0.2) is 6.10 Å². The van der Waals surface area contributed by atoms with Gasteiger partial charge in [-0.2, -0.15) is 0 Å². The molecule has 1 heterocycles. The molecule has 0 amide bonds. The summed E-state index contributed by atoms with van der Waals surface area (Å²) in [6.45, 7) is 1.45. The van der Waals surface area contributed by atoms with Gasteiger partial charge in [0.1, 0.15) is 24.9 Å². The first-order chi connectivity index (χ1) is 10.0. The quantitative estimate of drug-likeness (QED) is 0.584. The number of esters is 2. The molecule has 0 radical (unpaired) electrons. The zero-order valence-electron chi connectivity index (χ0n) is 12.7. The van der Waals surface area contributed by atoms with Crippen LogP contribution in [0.25, 0.3) is 0 Å². The summed E-state index contributed by atoms with van der Waals surface area (Å²) < 4.78 is 31.1. The van der Waals surface area contributed by atoms with Crippen LogP contribution in [0, 0.1) is 0 Å². The van der Waals surface area contributed by atoms with Gasteiger partial charge in [-0.25, -0.2) is 4.79 Å². The summed E-state index contributed by atoms with van der Waals surface area (Å²) in [7, 11) is 4.30. The summed E-state index contributed by atoms with van der Waals surface area (Å²) in [5, 5.41) is 0. The monoisotopic (exact) mass is 306 g/mol. The molecule has 0 unspecified atom stereocenters. The number of hydrogen-bond acceptors (Lipinski definition) is 8. The molecule has 8 heteroatoms. The molecular formula is C13H22O8. The number of ether oxygens (including phenoxy) is 6. The number of methoxy groups -OCH3 is 3. The fourth-order valence-electron chi connectivity index (χ4n) is 2.11. The Bertz CT molecular complexity index is 345. The molecule has 122 valence electrons. The van der Waals surface area contributed by atoms with E-state index in [4.69, 9.17) is 23.7 Å². The van der Waals surface area contributed by atoms with E-state index in [2.05, 4.69) is 4.74 Å². The van der Waals surface area contributed by atoms with Crippen LogP contribution in [0.3, 0.4) is 0 Å². The molecule has 0 aromatic rings. The van der Waals surface area contributed by atoms with Crippen molar-refractivity contribution in [3.8, 4) is 0 Å². The Kier molecular flexibility index (Phi) is 7.58. The first-order valence-electron chi connectivity index (χ1n) is 6.52. The summed E-state index contributed by atoms with van der Waals surface area (Å²) >= 11 is 0. The summed E-state index contributed by atoms with van der Waals surface area (Å²) in [5.74, 6) is -0.951. The molecule has 1 aliphatic heterocycles. The zero-order chi connectivity index (χ0) is 15.8. The predicted molar refractivity (Wildman–Crippen MR) is 69.7 cm³/mol. The molecule has 1 saturated heterocycles. The molecule has 0 aliphatic carbocycles. The second kappa shape index (κ2) is 8.93. The van der Waals surface area contributed by atoms with Crippen molar-refractivity contribution in [3.63, 3.8) is 0 Å². The fourth-order valence-corrected chi connectivity index (χ4v) is 2.11. The van der Waals surface area contributed by atoms with Gasteiger partial charge in [-0.3, -0.25) is 4.79 Å². The third-order valence-electron chi connectivity index (χ3n) is 3.14.